The first-order valence-corrected chi connectivity index (χ1v) is 7.49. The van der Waals surface area contributed by atoms with Gasteiger partial charge in [0.25, 0.3) is 0 Å². The number of aliphatic imine (C=N–C) groups is 1. The van der Waals surface area contributed by atoms with Crippen molar-refractivity contribution in [2.45, 2.75) is 26.3 Å². The van der Waals surface area contributed by atoms with Gasteiger partial charge in [-0.25, -0.2) is 0 Å². The highest BCUT2D eigenvalue weighted by Crippen LogP contribution is 2.08. The van der Waals surface area contributed by atoms with Gasteiger partial charge in [0.15, 0.2) is 5.96 Å². The minimum absolute atomic E-state index is 0. The first kappa shape index (κ1) is 21.0. The molecular formula is C15H24ClIN4O. The molecule has 0 atom stereocenters. The third-order valence-corrected chi connectivity index (χ3v) is 3.07. The molecule has 0 radical (unpaired) electrons. The van der Waals surface area contributed by atoms with Crippen LogP contribution >= 0.6 is 35.6 Å². The number of amides is 1. The fourth-order valence-electron chi connectivity index (χ4n) is 1.66. The average molecular weight is 439 g/mol. The summed E-state index contributed by atoms with van der Waals surface area (Å²) in [6.07, 6.45) is 1.38. The van der Waals surface area contributed by atoms with Gasteiger partial charge in [0.1, 0.15) is 0 Å². The second kappa shape index (κ2) is 12.5. The summed E-state index contributed by atoms with van der Waals surface area (Å²) in [6, 6.07) is 7.63. The van der Waals surface area contributed by atoms with Gasteiger partial charge in [-0.3, -0.25) is 9.79 Å². The van der Waals surface area contributed by atoms with Crippen molar-refractivity contribution >= 4 is 47.4 Å². The van der Waals surface area contributed by atoms with Gasteiger partial charge in [-0.1, -0.05) is 30.7 Å². The molecule has 0 heterocycles. The van der Waals surface area contributed by atoms with Crippen LogP contribution in [0.4, 0.5) is 0 Å². The second-order valence-electron chi connectivity index (χ2n) is 4.58. The summed E-state index contributed by atoms with van der Waals surface area (Å²) in [6.45, 7) is 3.96. The van der Waals surface area contributed by atoms with Crippen molar-refractivity contribution in [3.05, 3.63) is 34.9 Å². The molecule has 0 fully saturated rings. The molecule has 0 aliphatic heterocycles. The molecule has 0 aromatic heterocycles. The van der Waals surface area contributed by atoms with Crippen LogP contribution in [-0.2, 0) is 11.3 Å². The number of nitrogens with zero attached hydrogens (tertiary/aromatic N) is 1. The number of hydrogen-bond acceptors (Lipinski definition) is 2. The Morgan fingerprint density at radius 3 is 2.41 bits per heavy atom. The SMILES string of the molecule is CCCNC(=O)CCNC(=NC)NCc1ccc(Cl)cc1.I. The van der Waals surface area contributed by atoms with Crippen molar-refractivity contribution in [1.82, 2.24) is 16.0 Å². The number of benzene rings is 1. The zero-order valence-corrected chi connectivity index (χ0v) is 16.1. The van der Waals surface area contributed by atoms with Gasteiger partial charge in [-0.05, 0) is 24.1 Å². The van der Waals surface area contributed by atoms with E-state index in [1.165, 1.54) is 0 Å². The fourth-order valence-corrected chi connectivity index (χ4v) is 1.78. The molecule has 1 aromatic rings. The van der Waals surface area contributed by atoms with Crippen LogP contribution in [0.5, 0.6) is 0 Å². The topological polar surface area (TPSA) is 65.5 Å². The lowest BCUT2D eigenvalue weighted by Gasteiger charge is -2.12. The number of guanidine groups is 1. The average Bonchev–Trinajstić information content (AvgIpc) is 2.50. The van der Waals surface area contributed by atoms with Gasteiger partial charge in [0, 0.05) is 38.1 Å². The lowest BCUT2D eigenvalue weighted by molar-refractivity contribution is -0.120. The van der Waals surface area contributed by atoms with Crippen molar-refractivity contribution in [2.24, 2.45) is 4.99 Å². The second-order valence-corrected chi connectivity index (χ2v) is 5.02. The first-order chi connectivity index (χ1) is 10.2. The molecule has 0 aliphatic rings. The molecule has 3 N–H and O–H groups in total. The molecule has 1 aromatic carbocycles. The van der Waals surface area contributed by atoms with Crippen molar-refractivity contribution < 1.29 is 4.79 Å². The van der Waals surface area contributed by atoms with Gasteiger partial charge in [0.05, 0.1) is 0 Å². The molecule has 0 unspecified atom stereocenters. The van der Waals surface area contributed by atoms with Crippen LogP contribution in [0.25, 0.3) is 0 Å². The number of halogens is 2. The number of hydrogen-bond donors (Lipinski definition) is 3. The minimum Gasteiger partial charge on any atom is -0.356 e. The number of nitrogens with one attached hydrogen (secondary N) is 3. The Morgan fingerprint density at radius 2 is 1.82 bits per heavy atom. The van der Waals surface area contributed by atoms with E-state index < -0.39 is 0 Å². The Morgan fingerprint density at radius 1 is 1.14 bits per heavy atom. The van der Waals surface area contributed by atoms with Gasteiger partial charge in [-0.2, -0.15) is 0 Å². The van der Waals surface area contributed by atoms with Gasteiger partial charge >= 0.3 is 0 Å². The smallest absolute Gasteiger partial charge is 0.221 e. The molecule has 5 nitrogen and oxygen atoms in total. The van der Waals surface area contributed by atoms with Gasteiger partial charge < -0.3 is 16.0 Å². The normalized spacial score (nSPS) is 10.6. The highest BCUT2D eigenvalue weighted by atomic mass is 127. The maximum atomic E-state index is 11.5. The van der Waals surface area contributed by atoms with E-state index in [4.69, 9.17) is 11.6 Å². The summed E-state index contributed by atoms with van der Waals surface area (Å²) in [5, 5.41) is 9.85. The van der Waals surface area contributed by atoms with Crippen LogP contribution in [0.15, 0.2) is 29.3 Å². The Balaban J connectivity index is 0.00000441. The molecule has 0 saturated heterocycles. The molecule has 0 saturated carbocycles. The van der Waals surface area contributed by atoms with E-state index in [1.54, 1.807) is 7.05 Å². The molecule has 0 bridgehead atoms. The lowest BCUT2D eigenvalue weighted by atomic mass is 10.2. The maximum Gasteiger partial charge on any atom is 0.221 e. The monoisotopic (exact) mass is 438 g/mol. The van der Waals surface area contributed by atoms with Crippen molar-refractivity contribution in [1.29, 1.82) is 0 Å². The Hall–Kier alpha value is -1.02. The Bertz CT molecular complexity index is 465. The summed E-state index contributed by atoms with van der Waals surface area (Å²) < 4.78 is 0. The third-order valence-electron chi connectivity index (χ3n) is 2.81. The zero-order valence-electron chi connectivity index (χ0n) is 13.0. The van der Waals surface area contributed by atoms with E-state index in [0.717, 1.165) is 23.6 Å². The lowest BCUT2D eigenvalue weighted by Crippen LogP contribution is -2.39. The molecule has 22 heavy (non-hydrogen) atoms. The summed E-state index contributed by atoms with van der Waals surface area (Å²) in [7, 11) is 1.70. The third kappa shape index (κ3) is 9.09. The van der Waals surface area contributed by atoms with Crippen LogP contribution in [-0.4, -0.2) is 32.0 Å². The molecular weight excluding hydrogens is 415 g/mol. The van der Waals surface area contributed by atoms with Crippen molar-refractivity contribution in [3.8, 4) is 0 Å². The fraction of sp³-hybridized carbons (Fsp3) is 0.467. The van der Waals surface area contributed by atoms with Crippen molar-refractivity contribution in [3.63, 3.8) is 0 Å². The van der Waals surface area contributed by atoms with E-state index in [2.05, 4.69) is 20.9 Å². The zero-order chi connectivity index (χ0) is 15.5. The molecule has 0 spiro atoms. The predicted molar refractivity (Wildman–Crippen MR) is 103 cm³/mol. The standard InChI is InChI=1S/C15H23ClN4O.HI/c1-3-9-18-14(21)8-10-19-15(17-2)20-11-12-4-6-13(16)7-5-12;/h4-7H,3,8-11H2,1-2H3,(H,18,21)(H2,17,19,20);1H. The summed E-state index contributed by atoms with van der Waals surface area (Å²) in [5.41, 5.74) is 1.11. The van der Waals surface area contributed by atoms with Crippen LogP contribution in [0.1, 0.15) is 25.3 Å². The van der Waals surface area contributed by atoms with Crippen LogP contribution < -0.4 is 16.0 Å². The summed E-state index contributed by atoms with van der Waals surface area (Å²) in [4.78, 5) is 15.6. The molecule has 1 amide bonds. The van der Waals surface area contributed by atoms with E-state index in [1.807, 2.05) is 31.2 Å². The van der Waals surface area contributed by atoms with Crippen LogP contribution in [0, 0.1) is 0 Å². The van der Waals surface area contributed by atoms with Crippen LogP contribution in [0.3, 0.4) is 0 Å². The molecule has 0 aliphatic carbocycles. The molecule has 1 rings (SSSR count). The Labute approximate surface area is 154 Å². The number of carbonyl (C=O) groups is 1. The number of carbonyl (C=O) groups excluding carboxylic acids is 1. The highest BCUT2D eigenvalue weighted by molar-refractivity contribution is 14.0. The van der Waals surface area contributed by atoms with Crippen LogP contribution in [0.2, 0.25) is 5.02 Å². The largest absolute Gasteiger partial charge is 0.356 e. The van der Waals surface area contributed by atoms with Gasteiger partial charge in [0.2, 0.25) is 5.91 Å². The highest BCUT2D eigenvalue weighted by Gasteiger charge is 2.02. The molecule has 124 valence electrons. The number of rotatable bonds is 7. The minimum atomic E-state index is 0. The van der Waals surface area contributed by atoms with E-state index in [9.17, 15) is 4.79 Å². The predicted octanol–water partition coefficient (Wildman–Crippen LogP) is 2.54. The quantitative estimate of drug-likeness (QED) is 0.348. The van der Waals surface area contributed by atoms with E-state index in [0.29, 0.717) is 25.5 Å². The Kier molecular flexibility index (Phi) is 11.9. The van der Waals surface area contributed by atoms with Gasteiger partial charge in [-0.15, -0.1) is 24.0 Å². The van der Waals surface area contributed by atoms with Crippen molar-refractivity contribution in [2.75, 3.05) is 20.1 Å². The van der Waals surface area contributed by atoms with E-state index >= 15 is 0 Å². The van der Waals surface area contributed by atoms with E-state index in [-0.39, 0.29) is 29.9 Å². The maximum absolute atomic E-state index is 11.5. The summed E-state index contributed by atoms with van der Waals surface area (Å²) >= 11 is 5.84. The molecule has 7 heteroatoms. The summed E-state index contributed by atoms with van der Waals surface area (Å²) in [5.74, 6) is 0.728. The first-order valence-electron chi connectivity index (χ1n) is 7.11.